The second-order valence-electron chi connectivity index (χ2n) is 3.91. The molecule has 2 nitrogen and oxygen atoms in total. The van der Waals surface area contributed by atoms with Crippen LogP contribution in [0.2, 0.25) is 0 Å². The number of aryl methyl sites for hydroxylation is 2. The molecule has 0 aliphatic carbocycles. The van der Waals surface area contributed by atoms with Gasteiger partial charge in [0.25, 0.3) is 0 Å². The molecule has 0 radical (unpaired) electrons. The van der Waals surface area contributed by atoms with Gasteiger partial charge in [0.1, 0.15) is 0 Å². The van der Waals surface area contributed by atoms with Crippen molar-refractivity contribution < 1.29 is 0 Å². The number of hydrogen-bond acceptors (Lipinski definition) is 2. The van der Waals surface area contributed by atoms with Crippen LogP contribution in [-0.4, -0.2) is 11.1 Å². The van der Waals surface area contributed by atoms with Crippen molar-refractivity contribution in [2.45, 2.75) is 53.0 Å². The zero-order valence-corrected chi connectivity index (χ0v) is 10.9. The van der Waals surface area contributed by atoms with E-state index in [2.05, 4.69) is 36.5 Å². The number of nitrogens with zero attached hydrogens (tertiary/aromatic N) is 2. The minimum Gasteiger partial charge on any atom is -0.324 e. The Hall–Kier alpha value is -0.570. The topological polar surface area (TPSA) is 17.3 Å². The highest BCUT2D eigenvalue weighted by atomic mass is 32.1. The molecule has 1 aromatic heterocycles. The molecule has 0 fully saturated rings. The maximum absolute atomic E-state index is 4.65. The zero-order valence-electron chi connectivity index (χ0n) is 10.1. The molecule has 1 aromatic rings. The van der Waals surface area contributed by atoms with Gasteiger partial charge in [-0.15, -0.1) is 11.3 Å². The zero-order chi connectivity index (χ0) is 11.1. The number of rotatable bonds is 6. The van der Waals surface area contributed by atoms with Gasteiger partial charge in [0.15, 0.2) is 4.80 Å². The highest BCUT2D eigenvalue weighted by Crippen LogP contribution is 2.03. The third-order valence-electron chi connectivity index (χ3n) is 2.35. The van der Waals surface area contributed by atoms with E-state index in [-0.39, 0.29) is 0 Å². The summed E-state index contributed by atoms with van der Waals surface area (Å²) in [5.41, 5.74) is 0. The van der Waals surface area contributed by atoms with Gasteiger partial charge < -0.3 is 4.57 Å². The Bertz CT molecular complexity index is 336. The Labute approximate surface area is 96.7 Å². The van der Waals surface area contributed by atoms with E-state index < -0.39 is 0 Å². The van der Waals surface area contributed by atoms with Crippen LogP contribution in [0.3, 0.4) is 0 Å². The van der Waals surface area contributed by atoms with Crippen LogP contribution in [0.4, 0.5) is 0 Å². The summed E-state index contributed by atoms with van der Waals surface area (Å²) in [7, 11) is 0. The van der Waals surface area contributed by atoms with Gasteiger partial charge in [-0.05, 0) is 19.8 Å². The van der Waals surface area contributed by atoms with Gasteiger partial charge in [-0.3, -0.25) is 4.99 Å². The molecule has 0 saturated carbocycles. The summed E-state index contributed by atoms with van der Waals surface area (Å²) >= 11 is 1.81. The van der Waals surface area contributed by atoms with E-state index >= 15 is 0 Å². The highest BCUT2D eigenvalue weighted by molar-refractivity contribution is 7.09. The van der Waals surface area contributed by atoms with E-state index in [9.17, 15) is 0 Å². The van der Waals surface area contributed by atoms with Crippen molar-refractivity contribution in [3.05, 3.63) is 15.9 Å². The fraction of sp³-hybridized carbons (Fsp3) is 0.750. The van der Waals surface area contributed by atoms with Crippen LogP contribution in [-0.2, 0) is 6.54 Å². The Morgan fingerprint density at radius 3 is 2.67 bits per heavy atom. The summed E-state index contributed by atoms with van der Waals surface area (Å²) in [6.45, 7) is 8.69. The predicted molar refractivity (Wildman–Crippen MR) is 67.3 cm³/mol. The molecule has 0 saturated heterocycles. The molecule has 0 atom stereocenters. The summed E-state index contributed by atoms with van der Waals surface area (Å²) in [6.07, 6.45) is 7.14. The normalized spacial score (nSPS) is 12.3. The molecular formula is C12H22N2S. The molecule has 0 aromatic carbocycles. The smallest absolute Gasteiger partial charge is 0.184 e. The van der Waals surface area contributed by atoms with Crippen molar-refractivity contribution in [1.82, 2.24) is 4.57 Å². The molecule has 3 heteroatoms. The maximum Gasteiger partial charge on any atom is 0.184 e. The molecule has 0 unspecified atom stereocenters. The van der Waals surface area contributed by atoms with Crippen molar-refractivity contribution >= 4 is 11.3 Å². The highest BCUT2D eigenvalue weighted by Gasteiger charge is 1.97. The molecule has 15 heavy (non-hydrogen) atoms. The first-order valence-electron chi connectivity index (χ1n) is 5.95. The fourth-order valence-corrected chi connectivity index (χ4v) is 2.33. The SMILES string of the molecule is CCCCN=c1sc(C)cn1CCCC. The Morgan fingerprint density at radius 2 is 2.00 bits per heavy atom. The molecule has 0 aliphatic rings. The van der Waals surface area contributed by atoms with Gasteiger partial charge in [0.2, 0.25) is 0 Å². The molecule has 0 N–H and O–H groups in total. The van der Waals surface area contributed by atoms with Gasteiger partial charge in [-0.25, -0.2) is 0 Å². The lowest BCUT2D eigenvalue weighted by Crippen LogP contribution is -2.14. The van der Waals surface area contributed by atoms with Crippen LogP contribution in [0.25, 0.3) is 0 Å². The molecule has 0 spiro atoms. The van der Waals surface area contributed by atoms with E-state index in [1.165, 1.54) is 35.4 Å². The molecule has 0 bridgehead atoms. The molecule has 1 heterocycles. The third-order valence-corrected chi connectivity index (χ3v) is 3.32. The summed E-state index contributed by atoms with van der Waals surface area (Å²) in [5, 5.41) is 0. The van der Waals surface area contributed by atoms with Crippen LogP contribution < -0.4 is 4.80 Å². The van der Waals surface area contributed by atoms with Crippen molar-refractivity contribution in [1.29, 1.82) is 0 Å². The molecular weight excluding hydrogens is 204 g/mol. The summed E-state index contributed by atoms with van der Waals surface area (Å²) < 4.78 is 2.30. The standard InChI is InChI=1S/C12H22N2S/c1-4-6-8-13-12-14(9-7-5-2)10-11(3)15-12/h10H,4-9H2,1-3H3. The van der Waals surface area contributed by atoms with Crippen LogP contribution in [0.1, 0.15) is 44.4 Å². The first kappa shape index (κ1) is 12.5. The lowest BCUT2D eigenvalue weighted by atomic mass is 10.3. The van der Waals surface area contributed by atoms with Crippen molar-refractivity contribution in [3.63, 3.8) is 0 Å². The number of thiazole rings is 1. The number of unbranched alkanes of at least 4 members (excludes halogenated alkanes) is 2. The van der Waals surface area contributed by atoms with E-state index in [1.54, 1.807) is 0 Å². The second kappa shape index (κ2) is 6.83. The minimum atomic E-state index is 0.975. The summed E-state index contributed by atoms with van der Waals surface area (Å²) in [6, 6.07) is 0. The summed E-state index contributed by atoms with van der Waals surface area (Å²) in [4.78, 5) is 7.22. The first-order valence-corrected chi connectivity index (χ1v) is 6.77. The quantitative estimate of drug-likeness (QED) is 0.662. The lowest BCUT2D eigenvalue weighted by molar-refractivity contribution is 0.611. The van der Waals surface area contributed by atoms with Crippen LogP contribution in [0.5, 0.6) is 0 Å². The lowest BCUT2D eigenvalue weighted by Gasteiger charge is -2.00. The van der Waals surface area contributed by atoms with Gasteiger partial charge in [0.05, 0.1) is 0 Å². The maximum atomic E-state index is 4.65. The summed E-state index contributed by atoms with van der Waals surface area (Å²) in [5.74, 6) is 0. The van der Waals surface area contributed by atoms with Crippen molar-refractivity contribution in [3.8, 4) is 0 Å². The van der Waals surface area contributed by atoms with E-state index in [4.69, 9.17) is 0 Å². The molecule has 0 amide bonds. The van der Waals surface area contributed by atoms with Gasteiger partial charge in [-0.2, -0.15) is 0 Å². The third kappa shape index (κ3) is 4.20. The average Bonchev–Trinajstić information content (AvgIpc) is 2.56. The Morgan fingerprint density at radius 1 is 1.27 bits per heavy atom. The average molecular weight is 226 g/mol. The number of hydrogen-bond donors (Lipinski definition) is 0. The van der Waals surface area contributed by atoms with Crippen LogP contribution in [0, 0.1) is 6.92 Å². The van der Waals surface area contributed by atoms with Gasteiger partial charge in [-0.1, -0.05) is 26.7 Å². The molecule has 1 rings (SSSR count). The predicted octanol–water partition coefficient (Wildman–Crippen LogP) is 3.36. The van der Waals surface area contributed by atoms with Crippen molar-refractivity contribution in [2.24, 2.45) is 4.99 Å². The van der Waals surface area contributed by atoms with Crippen LogP contribution in [0.15, 0.2) is 11.2 Å². The molecule has 86 valence electrons. The van der Waals surface area contributed by atoms with Crippen molar-refractivity contribution in [2.75, 3.05) is 6.54 Å². The molecule has 0 aliphatic heterocycles. The minimum absolute atomic E-state index is 0.975. The van der Waals surface area contributed by atoms with E-state index in [0.717, 1.165) is 13.1 Å². The van der Waals surface area contributed by atoms with E-state index in [0.29, 0.717) is 0 Å². The van der Waals surface area contributed by atoms with E-state index in [1.807, 2.05) is 11.3 Å². The van der Waals surface area contributed by atoms with Crippen LogP contribution >= 0.6 is 11.3 Å². The monoisotopic (exact) mass is 226 g/mol. The largest absolute Gasteiger partial charge is 0.324 e. The Balaban J connectivity index is 2.71. The first-order chi connectivity index (χ1) is 7.27. The van der Waals surface area contributed by atoms with Gasteiger partial charge in [0, 0.05) is 24.2 Å². The number of aromatic nitrogens is 1. The second-order valence-corrected chi connectivity index (χ2v) is 5.12. The fourth-order valence-electron chi connectivity index (χ4n) is 1.45. The van der Waals surface area contributed by atoms with Gasteiger partial charge >= 0.3 is 0 Å². The Kier molecular flexibility index (Phi) is 5.69.